The van der Waals surface area contributed by atoms with Gasteiger partial charge in [-0.05, 0) is 65.2 Å². The van der Waals surface area contributed by atoms with Crippen molar-refractivity contribution in [2.75, 3.05) is 13.2 Å². The normalized spacial score (nSPS) is 17.8. The van der Waals surface area contributed by atoms with Gasteiger partial charge < -0.3 is 14.2 Å². The molecule has 0 amide bonds. The molecule has 3 nitrogen and oxygen atoms in total. The van der Waals surface area contributed by atoms with Gasteiger partial charge in [-0.1, -0.05) is 11.6 Å². The van der Waals surface area contributed by atoms with Crippen molar-refractivity contribution in [3.63, 3.8) is 0 Å². The van der Waals surface area contributed by atoms with E-state index in [1.54, 1.807) is 0 Å². The first kappa shape index (κ1) is 17.9. The molecule has 0 fully saturated rings. The van der Waals surface area contributed by atoms with Crippen LogP contribution in [0.4, 0.5) is 0 Å². The van der Waals surface area contributed by atoms with Gasteiger partial charge in [-0.15, -0.1) is 0 Å². The van der Waals surface area contributed by atoms with Crippen molar-refractivity contribution in [3.8, 4) is 11.5 Å². The van der Waals surface area contributed by atoms with E-state index in [1.165, 1.54) is 11.1 Å². The van der Waals surface area contributed by atoms with Crippen LogP contribution >= 0.6 is 0 Å². The van der Waals surface area contributed by atoms with E-state index in [-0.39, 0.29) is 11.7 Å². The smallest absolute Gasteiger partial charge is 0.126 e. The second kappa shape index (κ2) is 7.87. The Kier molecular flexibility index (Phi) is 6.11. The Morgan fingerprint density at radius 1 is 1.39 bits per heavy atom. The lowest BCUT2D eigenvalue weighted by atomic mass is 9.99. The third kappa shape index (κ3) is 5.58. The monoisotopic (exact) mass is 318 g/mol. The van der Waals surface area contributed by atoms with Gasteiger partial charge >= 0.3 is 0 Å². The van der Waals surface area contributed by atoms with Crippen molar-refractivity contribution in [3.05, 3.63) is 35.4 Å². The molecule has 23 heavy (non-hydrogen) atoms. The molecule has 1 unspecified atom stereocenters. The number of benzene rings is 1. The Morgan fingerprint density at radius 3 is 2.91 bits per heavy atom. The first-order valence-electron chi connectivity index (χ1n) is 8.61. The molecule has 0 aromatic heterocycles. The Bertz CT molecular complexity index is 546. The molecule has 0 saturated carbocycles. The van der Waals surface area contributed by atoms with Crippen LogP contribution in [0.15, 0.2) is 29.8 Å². The average Bonchev–Trinajstić information content (AvgIpc) is 2.84. The maximum atomic E-state index is 5.83. The summed E-state index contributed by atoms with van der Waals surface area (Å²) in [6.45, 7) is 11.9. The van der Waals surface area contributed by atoms with E-state index < -0.39 is 0 Å². The summed E-state index contributed by atoms with van der Waals surface area (Å²) < 4.78 is 17.3. The molecule has 1 aliphatic rings. The highest BCUT2D eigenvalue weighted by molar-refractivity contribution is 5.43. The molecule has 1 aromatic carbocycles. The zero-order valence-corrected chi connectivity index (χ0v) is 15.1. The van der Waals surface area contributed by atoms with Crippen LogP contribution in [0.3, 0.4) is 0 Å². The first-order chi connectivity index (χ1) is 10.9. The van der Waals surface area contributed by atoms with Crippen LogP contribution in [0.1, 0.15) is 53.0 Å². The van der Waals surface area contributed by atoms with Crippen molar-refractivity contribution in [2.45, 2.75) is 65.6 Å². The molecule has 1 aliphatic heterocycles. The van der Waals surface area contributed by atoms with Crippen LogP contribution in [-0.2, 0) is 11.2 Å². The van der Waals surface area contributed by atoms with Crippen molar-refractivity contribution < 1.29 is 14.2 Å². The Balaban J connectivity index is 1.79. The minimum absolute atomic E-state index is 0.0568. The first-order valence-corrected chi connectivity index (χ1v) is 8.61. The summed E-state index contributed by atoms with van der Waals surface area (Å²) >= 11 is 0. The summed E-state index contributed by atoms with van der Waals surface area (Å²) in [5, 5.41) is 0. The molecule has 0 saturated heterocycles. The number of hydrogen-bond donors (Lipinski definition) is 0. The van der Waals surface area contributed by atoms with E-state index >= 15 is 0 Å². The number of allylic oxidation sites excluding steroid dienone is 1. The fourth-order valence-corrected chi connectivity index (χ4v) is 2.81. The topological polar surface area (TPSA) is 27.7 Å². The lowest BCUT2D eigenvalue weighted by molar-refractivity contribution is -0.0158. The highest BCUT2D eigenvalue weighted by Crippen LogP contribution is 2.32. The molecule has 0 spiro atoms. The summed E-state index contributed by atoms with van der Waals surface area (Å²) in [5.74, 6) is 1.84. The molecule has 128 valence electrons. The van der Waals surface area contributed by atoms with Gasteiger partial charge in [0.1, 0.15) is 24.2 Å². The summed E-state index contributed by atoms with van der Waals surface area (Å²) in [5.41, 5.74) is 2.55. The zero-order chi connectivity index (χ0) is 16.9. The summed E-state index contributed by atoms with van der Waals surface area (Å²) in [4.78, 5) is 0. The molecule has 3 heteroatoms. The van der Waals surface area contributed by atoms with Gasteiger partial charge in [-0.25, -0.2) is 0 Å². The van der Waals surface area contributed by atoms with E-state index in [9.17, 15) is 0 Å². The van der Waals surface area contributed by atoms with Gasteiger partial charge in [0.15, 0.2) is 0 Å². The van der Waals surface area contributed by atoms with E-state index in [1.807, 2.05) is 19.1 Å². The minimum Gasteiger partial charge on any atom is -0.490 e. The number of fused-ring (bicyclic) bond motifs is 1. The van der Waals surface area contributed by atoms with Gasteiger partial charge in [0.05, 0.1) is 5.60 Å². The van der Waals surface area contributed by atoms with Crippen LogP contribution in [0.5, 0.6) is 11.5 Å². The fourth-order valence-electron chi connectivity index (χ4n) is 2.81. The molecule has 1 aromatic rings. The predicted octanol–water partition coefficient (Wildman–Crippen LogP) is 4.93. The van der Waals surface area contributed by atoms with Gasteiger partial charge in [0, 0.05) is 19.1 Å². The second-order valence-corrected chi connectivity index (χ2v) is 6.96. The molecule has 0 bridgehead atoms. The van der Waals surface area contributed by atoms with Crippen LogP contribution in [0, 0.1) is 0 Å². The third-order valence-electron chi connectivity index (χ3n) is 4.21. The predicted molar refractivity (Wildman–Crippen MR) is 94.4 cm³/mol. The minimum atomic E-state index is -0.0568. The van der Waals surface area contributed by atoms with Gasteiger partial charge in [0.25, 0.3) is 0 Å². The van der Waals surface area contributed by atoms with Crippen molar-refractivity contribution in [1.82, 2.24) is 0 Å². The molecular formula is C20H30O3. The van der Waals surface area contributed by atoms with Gasteiger partial charge in [0.2, 0.25) is 0 Å². The van der Waals surface area contributed by atoms with E-state index in [2.05, 4.69) is 39.8 Å². The lowest BCUT2D eigenvalue weighted by Gasteiger charge is -2.24. The fraction of sp³-hybridized carbons (Fsp3) is 0.600. The highest BCUT2D eigenvalue weighted by Gasteiger charge is 2.19. The van der Waals surface area contributed by atoms with Crippen LogP contribution in [-0.4, -0.2) is 24.9 Å². The van der Waals surface area contributed by atoms with Crippen molar-refractivity contribution in [1.29, 1.82) is 0 Å². The number of ether oxygens (including phenoxy) is 3. The summed E-state index contributed by atoms with van der Waals surface area (Å²) in [7, 11) is 0. The van der Waals surface area contributed by atoms with Crippen LogP contribution < -0.4 is 9.47 Å². The summed E-state index contributed by atoms with van der Waals surface area (Å²) in [6.07, 6.45) is 5.47. The SMILES string of the molecule is CCOC(C)(C)CC/C(C)=C/COc1ccc2c(c1)OC(C)C2. The second-order valence-electron chi connectivity index (χ2n) is 6.96. The maximum Gasteiger partial charge on any atom is 0.126 e. The Hall–Kier alpha value is -1.48. The zero-order valence-electron chi connectivity index (χ0n) is 15.1. The van der Waals surface area contributed by atoms with Crippen molar-refractivity contribution >= 4 is 0 Å². The molecule has 0 radical (unpaired) electrons. The molecule has 1 heterocycles. The van der Waals surface area contributed by atoms with E-state index in [4.69, 9.17) is 14.2 Å². The molecule has 0 aliphatic carbocycles. The van der Waals surface area contributed by atoms with Crippen molar-refractivity contribution in [2.24, 2.45) is 0 Å². The Labute approximate surface area is 140 Å². The van der Waals surface area contributed by atoms with Crippen LogP contribution in [0.25, 0.3) is 0 Å². The third-order valence-corrected chi connectivity index (χ3v) is 4.21. The number of hydrogen-bond acceptors (Lipinski definition) is 3. The van der Waals surface area contributed by atoms with Gasteiger partial charge in [-0.2, -0.15) is 0 Å². The quantitative estimate of drug-likeness (QED) is 0.636. The van der Waals surface area contributed by atoms with E-state index in [0.29, 0.717) is 6.61 Å². The maximum absolute atomic E-state index is 5.83. The van der Waals surface area contributed by atoms with Crippen LogP contribution in [0.2, 0.25) is 0 Å². The number of rotatable bonds is 8. The Morgan fingerprint density at radius 2 is 2.17 bits per heavy atom. The molecule has 2 rings (SSSR count). The molecular weight excluding hydrogens is 288 g/mol. The highest BCUT2D eigenvalue weighted by atomic mass is 16.5. The molecule has 1 atom stereocenters. The van der Waals surface area contributed by atoms with Gasteiger partial charge in [-0.3, -0.25) is 0 Å². The molecule has 0 N–H and O–H groups in total. The lowest BCUT2D eigenvalue weighted by Crippen LogP contribution is -2.24. The average molecular weight is 318 g/mol. The standard InChI is InChI=1S/C20H30O3/c1-6-22-20(4,5)11-9-15(2)10-12-21-18-8-7-17-13-16(3)23-19(17)14-18/h7-8,10,14,16H,6,9,11-13H2,1-5H3/b15-10+. The largest absolute Gasteiger partial charge is 0.490 e. The summed E-state index contributed by atoms with van der Waals surface area (Å²) in [6, 6.07) is 6.14. The van der Waals surface area contributed by atoms with E-state index in [0.717, 1.165) is 37.4 Å².